The molecule has 1 aromatic carbocycles. The lowest BCUT2D eigenvalue weighted by Crippen LogP contribution is -2.46. The maximum atomic E-state index is 13.3. The molecule has 0 radical (unpaired) electrons. The van der Waals surface area contributed by atoms with Crippen LogP contribution in [0.1, 0.15) is 53.9 Å². The highest BCUT2D eigenvalue weighted by Gasteiger charge is 2.48. The highest BCUT2D eigenvalue weighted by atomic mass is 35.5. The van der Waals surface area contributed by atoms with E-state index in [1.165, 1.54) is 0 Å². The fourth-order valence-electron chi connectivity index (χ4n) is 4.46. The van der Waals surface area contributed by atoms with Crippen LogP contribution in [0.25, 0.3) is 0 Å². The number of benzene rings is 1. The van der Waals surface area contributed by atoms with Crippen LogP contribution in [-0.4, -0.2) is 34.0 Å². The van der Waals surface area contributed by atoms with Gasteiger partial charge in [0.2, 0.25) is 0 Å². The van der Waals surface area contributed by atoms with Crippen LogP contribution in [0.15, 0.2) is 34.9 Å². The summed E-state index contributed by atoms with van der Waals surface area (Å²) in [5.74, 6) is 0.282. The Labute approximate surface area is 168 Å². The zero-order chi connectivity index (χ0) is 19.7. The molecule has 0 N–H and O–H groups in total. The summed E-state index contributed by atoms with van der Waals surface area (Å²) in [7, 11) is 0. The van der Waals surface area contributed by atoms with Crippen molar-refractivity contribution in [3.8, 4) is 0 Å². The van der Waals surface area contributed by atoms with Gasteiger partial charge in [-0.15, -0.1) is 0 Å². The topological polar surface area (TPSA) is 72.6 Å². The second kappa shape index (κ2) is 7.95. The minimum atomic E-state index is -0.580. The fourth-order valence-corrected chi connectivity index (χ4v) is 4.65. The average Bonchev–Trinajstić information content (AvgIpc) is 3.29. The quantitative estimate of drug-likeness (QED) is 0.718. The number of fused-ring (bicyclic) bond motifs is 1. The molecule has 1 saturated heterocycles. The number of likely N-dealkylation sites (tertiary alicyclic amines) is 1. The number of carbonyl (C=O) groups is 2. The van der Waals surface area contributed by atoms with Crippen molar-refractivity contribution >= 4 is 23.5 Å². The van der Waals surface area contributed by atoms with E-state index in [0.29, 0.717) is 28.7 Å². The lowest BCUT2D eigenvalue weighted by Gasteiger charge is -2.33. The molecule has 2 aliphatic rings. The van der Waals surface area contributed by atoms with Crippen LogP contribution in [0.5, 0.6) is 0 Å². The van der Waals surface area contributed by atoms with E-state index in [0.717, 1.165) is 31.4 Å². The molecular weight excluding hydrogens is 380 g/mol. The van der Waals surface area contributed by atoms with Gasteiger partial charge >= 0.3 is 5.97 Å². The largest absolute Gasteiger partial charge is 0.456 e. The predicted molar refractivity (Wildman–Crippen MR) is 103 cm³/mol. The van der Waals surface area contributed by atoms with Crippen LogP contribution in [0.3, 0.4) is 0 Å². The number of aromatic nitrogens is 1. The summed E-state index contributed by atoms with van der Waals surface area (Å²) in [6.45, 7) is 1.83. The van der Waals surface area contributed by atoms with Gasteiger partial charge in [0, 0.05) is 22.7 Å². The van der Waals surface area contributed by atoms with Crippen molar-refractivity contribution in [3.63, 3.8) is 0 Å². The Bertz CT molecular complexity index is 881. The molecule has 1 aromatic heterocycles. The molecule has 6 nitrogen and oxygen atoms in total. The Morgan fingerprint density at radius 1 is 1.29 bits per heavy atom. The third-order valence-electron chi connectivity index (χ3n) is 5.70. The molecular formula is C21H23ClN2O4. The summed E-state index contributed by atoms with van der Waals surface area (Å²) in [6, 6.07) is 8.11. The zero-order valence-electron chi connectivity index (χ0n) is 15.8. The van der Waals surface area contributed by atoms with Gasteiger partial charge in [-0.1, -0.05) is 35.7 Å². The van der Waals surface area contributed by atoms with Crippen molar-refractivity contribution in [3.05, 3.63) is 52.4 Å². The molecule has 2 fully saturated rings. The smallest absolute Gasteiger partial charge is 0.329 e. The fraction of sp³-hybridized carbons (Fsp3) is 0.476. The van der Waals surface area contributed by atoms with Gasteiger partial charge in [-0.25, -0.2) is 4.79 Å². The van der Waals surface area contributed by atoms with Crippen LogP contribution in [-0.2, 0) is 16.1 Å². The van der Waals surface area contributed by atoms with Gasteiger partial charge < -0.3 is 14.2 Å². The summed E-state index contributed by atoms with van der Waals surface area (Å²) < 4.78 is 10.6. The molecule has 28 heavy (non-hydrogen) atoms. The van der Waals surface area contributed by atoms with Gasteiger partial charge in [0.15, 0.2) is 12.4 Å². The van der Waals surface area contributed by atoms with E-state index in [2.05, 4.69) is 5.16 Å². The number of amides is 1. The van der Waals surface area contributed by atoms with E-state index in [9.17, 15) is 9.59 Å². The third kappa shape index (κ3) is 3.78. The normalized spacial score (nSPS) is 24.1. The Kier molecular flexibility index (Phi) is 5.40. The van der Waals surface area contributed by atoms with E-state index >= 15 is 0 Å². The number of aryl methyl sites for hydroxylation is 1. The van der Waals surface area contributed by atoms with Crippen LogP contribution < -0.4 is 0 Å². The highest BCUT2D eigenvalue weighted by molar-refractivity contribution is 6.31. The summed E-state index contributed by atoms with van der Waals surface area (Å²) in [4.78, 5) is 27.9. The molecule has 0 bridgehead atoms. The van der Waals surface area contributed by atoms with Crippen molar-refractivity contribution in [2.24, 2.45) is 5.92 Å². The molecule has 0 unspecified atom stereocenters. The molecule has 1 aliphatic heterocycles. The molecule has 7 heteroatoms. The van der Waals surface area contributed by atoms with Crippen LogP contribution in [0.2, 0.25) is 5.02 Å². The first-order valence-corrected chi connectivity index (χ1v) is 10.1. The first-order chi connectivity index (χ1) is 13.5. The average molecular weight is 403 g/mol. The molecule has 3 atom stereocenters. The van der Waals surface area contributed by atoms with Gasteiger partial charge in [-0.2, -0.15) is 0 Å². The van der Waals surface area contributed by atoms with E-state index in [-0.39, 0.29) is 24.5 Å². The molecule has 1 aliphatic carbocycles. The van der Waals surface area contributed by atoms with Crippen molar-refractivity contribution in [2.45, 2.75) is 57.7 Å². The lowest BCUT2D eigenvalue weighted by atomic mass is 9.84. The number of ether oxygens (including phenoxy) is 1. The molecule has 1 saturated carbocycles. The Balaban J connectivity index is 1.54. The van der Waals surface area contributed by atoms with Gasteiger partial charge in [0.05, 0.1) is 5.69 Å². The maximum absolute atomic E-state index is 13.3. The Morgan fingerprint density at radius 3 is 2.86 bits per heavy atom. The zero-order valence-corrected chi connectivity index (χ0v) is 16.5. The number of halogens is 1. The number of carbonyl (C=O) groups excluding carboxylic acids is 2. The first-order valence-electron chi connectivity index (χ1n) is 9.70. The van der Waals surface area contributed by atoms with Crippen molar-refractivity contribution in [1.29, 1.82) is 0 Å². The van der Waals surface area contributed by atoms with E-state index < -0.39 is 6.04 Å². The minimum Gasteiger partial charge on any atom is -0.456 e. The maximum Gasteiger partial charge on any atom is 0.329 e. The molecule has 2 aromatic rings. The van der Waals surface area contributed by atoms with E-state index in [1.807, 2.05) is 6.92 Å². The number of hydrogen-bond acceptors (Lipinski definition) is 5. The molecule has 2 heterocycles. The molecule has 4 rings (SSSR count). The number of nitrogens with zero attached hydrogens (tertiary/aromatic N) is 2. The monoisotopic (exact) mass is 402 g/mol. The van der Waals surface area contributed by atoms with Gasteiger partial charge in [0.1, 0.15) is 6.04 Å². The second-order valence-electron chi connectivity index (χ2n) is 7.63. The summed E-state index contributed by atoms with van der Waals surface area (Å²) in [5.41, 5.74) is 1.23. The van der Waals surface area contributed by atoms with Crippen molar-refractivity contribution in [2.75, 3.05) is 0 Å². The van der Waals surface area contributed by atoms with E-state index in [4.69, 9.17) is 20.9 Å². The molecule has 148 valence electrons. The van der Waals surface area contributed by atoms with Crippen LogP contribution in [0, 0.1) is 12.8 Å². The summed E-state index contributed by atoms with van der Waals surface area (Å²) in [6.07, 6.45) is 4.81. The van der Waals surface area contributed by atoms with Gasteiger partial charge in [-0.3, -0.25) is 4.79 Å². The molecule has 1 amide bonds. The number of hydrogen-bond donors (Lipinski definition) is 0. The van der Waals surface area contributed by atoms with Gasteiger partial charge in [-0.05, 0) is 50.3 Å². The molecule has 0 spiro atoms. The predicted octanol–water partition coefficient (Wildman–Crippen LogP) is 4.15. The van der Waals surface area contributed by atoms with Crippen LogP contribution >= 0.6 is 11.6 Å². The summed E-state index contributed by atoms with van der Waals surface area (Å²) in [5, 5.41) is 4.30. The first kappa shape index (κ1) is 19.0. The van der Waals surface area contributed by atoms with E-state index in [1.54, 1.807) is 35.2 Å². The van der Waals surface area contributed by atoms with Gasteiger partial charge in [0.25, 0.3) is 5.91 Å². The lowest BCUT2D eigenvalue weighted by molar-refractivity contribution is -0.150. The number of esters is 1. The number of rotatable bonds is 4. The van der Waals surface area contributed by atoms with Crippen LogP contribution in [0.4, 0.5) is 0 Å². The SMILES string of the molecule is Cc1cc(COC(=O)[C@@H]2C[C@H]3CCCC[C@H]3N2C(=O)c2cccc(Cl)c2)on1. The Hall–Kier alpha value is -2.34. The Morgan fingerprint density at radius 2 is 2.11 bits per heavy atom. The van der Waals surface area contributed by atoms with Crippen molar-refractivity contribution < 1.29 is 18.8 Å². The second-order valence-corrected chi connectivity index (χ2v) is 8.06. The van der Waals surface area contributed by atoms with Crippen molar-refractivity contribution in [1.82, 2.24) is 10.1 Å². The highest BCUT2D eigenvalue weighted by Crippen LogP contribution is 2.41. The third-order valence-corrected chi connectivity index (χ3v) is 5.93. The standard InChI is InChI=1S/C21H23ClN2O4/c1-13-9-17(28-23-13)12-27-21(26)19-11-14-5-2-3-8-18(14)24(19)20(25)15-6-4-7-16(22)10-15/h4,6-7,9-10,14,18-19H,2-3,5,8,11-12H2,1H3/t14-,18-,19+/m1/s1. The minimum absolute atomic E-state index is 0.0186. The summed E-state index contributed by atoms with van der Waals surface area (Å²) >= 11 is 6.07.